The number of halogens is 1. The van der Waals surface area contributed by atoms with Crippen molar-refractivity contribution in [2.75, 3.05) is 13.7 Å². The van der Waals surface area contributed by atoms with Gasteiger partial charge in [0, 0.05) is 12.6 Å². The van der Waals surface area contributed by atoms with Gasteiger partial charge in [-0.25, -0.2) is 4.68 Å². The summed E-state index contributed by atoms with van der Waals surface area (Å²) in [4.78, 5) is 0. The Bertz CT molecular complexity index is 592. The Morgan fingerprint density at radius 1 is 1.43 bits per heavy atom. The minimum absolute atomic E-state index is 0.0193. The summed E-state index contributed by atoms with van der Waals surface area (Å²) in [6.45, 7) is 5.13. The van der Waals surface area contributed by atoms with E-state index in [1.807, 2.05) is 13.1 Å². The van der Waals surface area contributed by atoms with Crippen molar-refractivity contribution in [3.8, 4) is 5.75 Å². The second kappa shape index (κ2) is 7.04. The van der Waals surface area contributed by atoms with E-state index >= 15 is 0 Å². The van der Waals surface area contributed by atoms with E-state index in [2.05, 4.69) is 57.5 Å². The lowest BCUT2D eigenvalue weighted by Crippen LogP contribution is -2.26. The van der Waals surface area contributed by atoms with Crippen molar-refractivity contribution < 1.29 is 4.74 Å². The molecule has 0 spiro atoms. The standard InChI is InChI=1S/C15H21BrN4O/c1-5-8-17-13(14-15(16)18-19-20(14)3)11-9-10(2)6-7-12(11)21-4/h6-7,9,13,17H,5,8H2,1-4H3. The maximum atomic E-state index is 5.53. The molecule has 1 heterocycles. The van der Waals surface area contributed by atoms with Crippen LogP contribution < -0.4 is 10.1 Å². The Morgan fingerprint density at radius 2 is 2.19 bits per heavy atom. The zero-order valence-corrected chi connectivity index (χ0v) is 14.4. The van der Waals surface area contributed by atoms with Crippen LogP contribution in [0.5, 0.6) is 5.75 Å². The smallest absolute Gasteiger partial charge is 0.153 e. The van der Waals surface area contributed by atoms with Crippen molar-refractivity contribution in [3.05, 3.63) is 39.6 Å². The van der Waals surface area contributed by atoms with Gasteiger partial charge in [0.15, 0.2) is 4.60 Å². The quantitative estimate of drug-likeness (QED) is 0.868. The molecule has 0 bridgehead atoms. The van der Waals surface area contributed by atoms with Crippen LogP contribution in [0, 0.1) is 6.92 Å². The molecule has 2 aromatic rings. The van der Waals surface area contributed by atoms with Gasteiger partial charge in [0.25, 0.3) is 0 Å². The number of methoxy groups -OCH3 is 1. The topological polar surface area (TPSA) is 52.0 Å². The highest BCUT2D eigenvalue weighted by atomic mass is 79.9. The summed E-state index contributed by atoms with van der Waals surface area (Å²) in [7, 11) is 3.59. The zero-order chi connectivity index (χ0) is 15.4. The van der Waals surface area contributed by atoms with Gasteiger partial charge in [0.05, 0.1) is 18.8 Å². The van der Waals surface area contributed by atoms with Crippen LogP contribution in [0.3, 0.4) is 0 Å². The predicted molar refractivity (Wildman–Crippen MR) is 86.6 cm³/mol. The van der Waals surface area contributed by atoms with Gasteiger partial charge in [-0.2, -0.15) is 0 Å². The SMILES string of the molecule is CCCNC(c1cc(C)ccc1OC)c1c(Br)nnn1C. The summed E-state index contributed by atoms with van der Waals surface area (Å²) in [5, 5.41) is 11.7. The monoisotopic (exact) mass is 352 g/mol. The molecule has 21 heavy (non-hydrogen) atoms. The van der Waals surface area contributed by atoms with E-state index in [9.17, 15) is 0 Å². The van der Waals surface area contributed by atoms with Crippen molar-refractivity contribution in [1.29, 1.82) is 0 Å². The van der Waals surface area contributed by atoms with Crippen molar-refractivity contribution in [3.63, 3.8) is 0 Å². The molecule has 1 aromatic heterocycles. The van der Waals surface area contributed by atoms with Crippen molar-refractivity contribution in [2.45, 2.75) is 26.3 Å². The molecular formula is C15H21BrN4O. The third-order valence-corrected chi connectivity index (χ3v) is 3.96. The molecule has 0 aliphatic heterocycles. The summed E-state index contributed by atoms with van der Waals surface area (Å²) >= 11 is 3.50. The molecule has 0 amide bonds. The number of hydrogen-bond donors (Lipinski definition) is 1. The average molecular weight is 353 g/mol. The van der Waals surface area contributed by atoms with Crippen LogP contribution in [0.1, 0.15) is 36.2 Å². The molecule has 114 valence electrons. The van der Waals surface area contributed by atoms with Crippen LogP contribution in [0.25, 0.3) is 0 Å². The van der Waals surface area contributed by atoms with Gasteiger partial charge in [-0.15, -0.1) is 5.10 Å². The van der Waals surface area contributed by atoms with E-state index in [4.69, 9.17) is 4.74 Å². The molecule has 0 saturated heterocycles. The molecule has 1 unspecified atom stereocenters. The normalized spacial score (nSPS) is 12.4. The van der Waals surface area contributed by atoms with E-state index in [0.29, 0.717) is 0 Å². The van der Waals surface area contributed by atoms with Gasteiger partial charge < -0.3 is 10.1 Å². The van der Waals surface area contributed by atoms with Crippen LogP contribution in [0.2, 0.25) is 0 Å². The summed E-state index contributed by atoms with van der Waals surface area (Å²) in [6, 6.07) is 6.18. The zero-order valence-electron chi connectivity index (χ0n) is 12.9. The van der Waals surface area contributed by atoms with Gasteiger partial charge in [0.1, 0.15) is 5.75 Å². The van der Waals surface area contributed by atoms with Crippen molar-refractivity contribution >= 4 is 15.9 Å². The molecule has 0 aliphatic carbocycles. The molecule has 0 saturated carbocycles. The van der Waals surface area contributed by atoms with E-state index in [1.54, 1.807) is 11.8 Å². The van der Waals surface area contributed by atoms with Crippen LogP contribution in [-0.2, 0) is 7.05 Å². The first kappa shape index (κ1) is 16.0. The van der Waals surface area contributed by atoms with E-state index in [-0.39, 0.29) is 6.04 Å². The fourth-order valence-corrected chi connectivity index (χ4v) is 2.92. The second-order valence-corrected chi connectivity index (χ2v) is 5.77. The molecule has 5 nitrogen and oxygen atoms in total. The maximum absolute atomic E-state index is 5.53. The Morgan fingerprint density at radius 3 is 2.76 bits per heavy atom. The lowest BCUT2D eigenvalue weighted by Gasteiger charge is -2.22. The molecule has 1 N–H and O–H groups in total. The third kappa shape index (κ3) is 3.44. The van der Waals surface area contributed by atoms with Gasteiger partial charge in [-0.3, -0.25) is 0 Å². The first-order chi connectivity index (χ1) is 10.1. The fraction of sp³-hybridized carbons (Fsp3) is 0.467. The van der Waals surface area contributed by atoms with E-state index in [0.717, 1.165) is 34.6 Å². The highest BCUT2D eigenvalue weighted by molar-refractivity contribution is 9.10. The molecule has 0 aliphatic rings. The Balaban J connectivity index is 2.53. The first-order valence-electron chi connectivity index (χ1n) is 7.01. The summed E-state index contributed by atoms with van der Waals surface area (Å²) in [5.74, 6) is 0.863. The minimum Gasteiger partial charge on any atom is -0.496 e. The van der Waals surface area contributed by atoms with Gasteiger partial charge >= 0.3 is 0 Å². The average Bonchev–Trinajstić information content (AvgIpc) is 2.80. The second-order valence-electron chi connectivity index (χ2n) is 5.02. The first-order valence-corrected chi connectivity index (χ1v) is 7.80. The van der Waals surface area contributed by atoms with Crippen molar-refractivity contribution in [2.24, 2.45) is 7.05 Å². The molecule has 6 heteroatoms. The predicted octanol–water partition coefficient (Wildman–Crippen LogP) is 2.98. The van der Waals surface area contributed by atoms with Gasteiger partial charge in [0.2, 0.25) is 0 Å². The number of hydrogen-bond acceptors (Lipinski definition) is 4. The van der Waals surface area contributed by atoms with E-state index in [1.165, 1.54) is 5.56 Å². The maximum Gasteiger partial charge on any atom is 0.153 e. The highest BCUT2D eigenvalue weighted by Crippen LogP contribution is 2.33. The molecule has 2 rings (SSSR count). The number of benzene rings is 1. The van der Waals surface area contributed by atoms with Crippen LogP contribution in [0.4, 0.5) is 0 Å². The van der Waals surface area contributed by atoms with Crippen LogP contribution in [-0.4, -0.2) is 28.6 Å². The summed E-state index contributed by atoms with van der Waals surface area (Å²) in [5.41, 5.74) is 3.28. The minimum atomic E-state index is -0.0193. The molecule has 1 aromatic carbocycles. The van der Waals surface area contributed by atoms with E-state index < -0.39 is 0 Å². The highest BCUT2D eigenvalue weighted by Gasteiger charge is 2.24. The van der Waals surface area contributed by atoms with Gasteiger partial charge in [-0.1, -0.05) is 29.8 Å². The Hall–Kier alpha value is -1.40. The Labute approximate surface area is 133 Å². The molecule has 0 fully saturated rings. The lowest BCUT2D eigenvalue weighted by atomic mass is 10.0. The summed E-state index contributed by atoms with van der Waals surface area (Å²) in [6.07, 6.45) is 1.05. The lowest BCUT2D eigenvalue weighted by molar-refractivity contribution is 0.402. The molecule has 1 atom stereocenters. The summed E-state index contributed by atoms with van der Waals surface area (Å²) < 4.78 is 8.08. The number of nitrogens with zero attached hydrogens (tertiary/aromatic N) is 3. The number of ether oxygens (including phenoxy) is 1. The van der Waals surface area contributed by atoms with Crippen LogP contribution in [0.15, 0.2) is 22.8 Å². The fourth-order valence-electron chi connectivity index (χ4n) is 2.37. The molecular weight excluding hydrogens is 332 g/mol. The number of nitrogens with one attached hydrogen (secondary N) is 1. The number of rotatable bonds is 6. The number of aromatic nitrogens is 3. The largest absolute Gasteiger partial charge is 0.496 e. The third-order valence-electron chi connectivity index (χ3n) is 3.39. The van der Waals surface area contributed by atoms with Gasteiger partial charge in [-0.05, 0) is 41.9 Å². The van der Waals surface area contributed by atoms with Crippen molar-refractivity contribution in [1.82, 2.24) is 20.3 Å². The number of aryl methyl sites for hydroxylation is 2. The Kier molecular flexibility index (Phi) is 5.36. The van der Waals surface area contributed by atoms with Crippen LogP contribution >= 0.6 is 15.9 Å². The molecule has 0 radical (unpaired) electrons.